The van der Waals surface area contributed by atoms with Gasteiger partial charge in [0.05, 0.1) is 0 Å². The van der Waals surface area contributed by atoms with E-state index < -0.39 is 0 Å². The molecule has 1 aromatic rings. The van der Waals surface area contributed by atoms with Crippen LogP contribution in [0.5, 0.6) is 0 Å². The smallest absolute Gasteiger partial charge is 0.319 e. The highest BCUT2D eigenvalue weighted by Gasteiger charge is 2.31. The van der Waals surface area contributed by atoms with Crippen LogP contribution in [0.15, 0.2) is 18.2 Å². The third-order valence-corrected chi connectivity index (χ3v) is 4.55. The molecule has 1 aliphatic heterocycles. The number of carbonyl (C=O) groups is 2. The molecule has 1 heterocycles. The van der Waals surface area contributed by atoms with Crippen molar-refractivity contribution in [2.24, 2.45) is 5.92 Å². The van der Waals surface area contributed by atoms with Crippen LogP contribution in [0.3, 0.4) is 0 Å². The Kier molecular flexibility index (Phi) is 4.32. The van der Waals surface area contributed by atoms with Crippen molar-refractivity contribution in [3.63, 3.8) is 0 Å². The maximum Gasteiger partial charge on any atom is 0.319 e. The number of rotatable bonds is 3. The lowest BCUT2D eigenvalue weighted by Crippen LogP contribution is -2.34. The maximum absolute atomic E-state index is 12.7. The first-order valence-electron chi connectivity index (χ1n) is 8.18. The molecular formula is C17H23N3O2. The van der Waals surface area contributed by atoms with Crippen molar-refractivity contribution < 1.29 is 9.59 Å². The second kappa shape index (κ2) is 6.38. The van der Waals surface area contributed by atoms with Gasteiger partial charge in [-0.2, -0.15) is 0 Å². The Labute approximate surface area is 131 Å². The zero-order chi connectivity index (χ0) is 15.5. The van der Waals surface area contributed by atoms with E-state index in [0.717, 1.165) is 50.0 Å². The van der Waals surface area contributed by atoms with E-state index in [2.05, 4.69) is 10.6 Å². The summed E-state index contributed by atoms with van der Waals surface area (Å²) in [4.78, 5) is 26.2. The van der Waals surface area contributed by atoms with Gasteiger partial charge in [0, 0.05) is 30.4 Å². The van der Waals surface area contributed by atoms with Gasteiger partial charge in [-0.3, -0.25) is 4.79 Å². The Morgan fingerprint density at radius 3 is 2.77 bits per heavy atom. The molecular weight excluding hydrogens is 278 g/mol. The largest absolute Gasteiger partial charge is 0.338 e. The lowest BCUT2D eigenvalue weighted by atomic mass is 10.1. The number of fused-ring (bicyclic) bond motifs is 1. The number of anilines is 2. The van der Waals surface area contributed by atoms with E-state index in [-0.39, 0.29) is 17.9 Å². The SMILES string of the molecule is CCNC(=O)Nc1ccc2c(c1)N(C(=O)C1CCCC1)CC2. The number of nitrogens with one attached hydrogen (secondary N) is 2. The molecule has 5 heteroatoms. The molecule has 0 spiro atoms. The molecule has 3 rings (SSSR count). The highest BCUT2D eigenvalue weighted by atomic mass is 16.2. The molecule has 5 nitrogen and oxygen atoms in total. The second-order valence-electron chi connectivity index (χ2n) is 6.05. The number of urea groups is 1. The van der Waals surface area contributed by atoms with Gasteiger partial charge in [-0.1, -0.05) is 18.9 Å². The molecule has 22 heavy (non-hydrogen) atoms. The van der Waals surface area contributed by atoms with Gasteiger partial charge in [0.1, 0.15) is 0 Å². The van der Waals surface area contributed by atoms with Crippen molar-refractivity contribution in [2.75, 3.05) is 23.3 Å². The molecule has 0 bridgehead atoms. The quantitative estimate of drug-likeness (QED) is 0.901. The molecule has 1 saturated carbocycles. The third-order valence-electron chi connectivity index (χ3n) is 4.55. The van der Waals surface area contributed by atoms with Crippen LogP contribution in [0.25, 0.3) is 0 Å². The zero-order valence-corrected chi connectivity index (χ0v) is 13.0. The van der Waals surface area contributed by atoms with Gasteiger partial charge in [0.25, 0.3) is 0 Å². The summed E-state index contributed by atoms with van der Waals surface area (Å²) in [6.07, 6.45) is 5.25. The Balaban J connectivity index is 1.76. The zero-order valence-electron chi connectivity index (χ0n) is 13.0. The topological polar surface area (TPSA) is 61.4 Å². The van der Waals surface area contributed by atoms with Gasteiger partial charge in [-0.05, 0) is 43.9 Å². The van der Waals surface area contributed by atoms with Crippen molar-refractivity contribution in [2.45, 2.75) is 39.0 Å². The van der Waals surface area contributed by atoms with Crippen molar-refractivity contribution >= 4 is 23.3 Å². The van der Waals surface area contributed by atoms with Gasteiger partial charge in [-0.25, -0.2) is 4.79 Å². The van der Waals surface area contributed by atoms with E-state index >= 15 is 0 Å². The minimum Gasteiger partial charge on any atom is -0.338 e. The van der Waals surface area contributed by atoms with Crippen molar-refractivity contribution in [1.29, 1.82) is 0 Å². The third kappa shape index (κ3) is 2.93. The first kappa shape index (κ1) is 14.9. The van der Waals surface area contributed by atoms with E-state index in [4.69, 9.17) is 0 Å². The normalized spacial score (nSPS) is 17.4. The van der Waals surface area contributed by atoms with Gasteiger partial charge in [0.15, 0.2) is 0 Å². The van der Waals surface area contributed by atoms with E-state index in [0.29, 0.717) is 6.54 Å². The molecule has 1 fully saturated rings. The summed E-state index contributed by atoms with van der Waals surface area (Å²) in [7, 11) is 0. The fraction of sp³-hybridized carbons (Fsp3) is 0.529. The van der Waals surface area contributed by atoms with Crippen LogP contribution in [0.4, 0.5) is 16.2 Å². The van der Waals surface area contributed by atoms with E-state index in [1.54, 1.807) is 0 Å². The highest BCUT2D eigenvalue weighted by Crippen LogP contribution is 2.35. The van der Waals surface area contributed by atoms with Crippen molar-refractivity contribution in [3.05, 3.63) is 23.8 Å². The molecule has 3 amide bonds. The summed E-state index contributed by atoms with van der Waals surface area (Å²) in [6, 6.07) is 5.62. The monoisotopic (exact) mass is 301 g/mol. The minimum absolute atomic E-state index is 0.186. The number of hydrogen-bond acceptors (Lipinski definition) is 2. The summed E-state index contributed by atoms with van der Waals surface area (Å²) in [5.74, 6) is 0.442. The average Bonchev–Trinajstić information content (AvgIpc) is 3.16. The Morgan fingerprint density at radius 1 is 1.27 bits per heavy atom. The number of hydrogen-bond donors (Lipinski definition) is 2. The van der Waals surface area contributed by atoms with Gasteiger partial charge >= 0.3 is 6.03 Å². The summed E-state index contributed by atoms with van der Waals surface area (Å²) in [5, 5.41) is 5.52. The molecule has 2 aliphatic rings. The summed E-state index contributed by atoms with van der Waals surface area (Å²) >= 11 is 0. The molecule has 1 aliphatic carbocycles. The van der Waals surface area contributed by atoms with Crippen LogP contribution < -0.4 is 15.5 Å². The van der Waals surface area contributed by atoms with Crippen LogP contribution in [0.2, 0.25) is 0 Å². The predicted molar refractivity (Wildman–Crippen MR) is 87.2 cm³/mol. The molecule has 1 aromatic carbocycles. The fourth-order valence-corrected chi connectivity index (χ4v) is 3.41. The van der Waals surface area contributed by atoms with Crippen LogP contribution in [0, 0.1) is 5.92 Å². The van der Waals surface area contributed by atoms with Gasteiger partial charge < -0.3 is 15.5 Å². The van der Waals surface area contributed by atoms with E-state index in [1.807, 2.05) is 30.0 Å². The predicted octanol–water partition coefficient (Wildman–Crippen LogP) is 2.91. The fourth-order valence-electron chi connectivity index (χ4n) is 3.41. The summed E-state index contributed by atoms with van der Waals surface area (Å²) in [6.45, 7) is 3.22. The Morgan fingerprint density at radius 2 is 2.05 bits per heavy atom. The van der Waals surface area contributed by atoms with Crippen LogP contribution >= 0.6 is 0 Å². The second-order valence-corrected chi connectivity index (χ2v) is 6.05. The number of carbonyl (C=O) groups excluding carboxylic acids is 2. The molecule has 118 valence electrons. The van der Waals surface area contributed by atoms with Gasteiger partial charge in [-0.15, -0.1) is 0 Å². The molecule has 2 N–H and O–H groups in total. The maximum atomic E-state index is 12.7. The molecule has 0 radical (unpaired) electrons. The molecule has 0 atom stereocenters. The summed E-state index contributed by atoms with van der Waals surface area (Å²) in [5.41, 5.74) is 2.88. The van der Waals surface area contributed by atoms with Crippen LogP contribution in [0.1, 0.15) is 38.2 Å². The number of nitrogens with zero attached hydrogens (tertiary/aromatic N) is 1. The lowest BCUT2D eigenvalue weighted by Gasteiger charge is -2.21. The number of amides is 3. The standard InChI is InChI=1S/C17H23N3O2/c1-2-18-17(22)19-14-8-7-12-9-10-20(15(12)11-14)16(21)13-5-3-4-6-13/h7-8,11,13H,2-6,9-10H2,1H3,(H2,18,19,22). The molecule has 0 saturated heterocycles. The Bertz CT molecular complexity index is 579. The minimum atomic E-state index is -0.214. The van der Waals surface area contributed by atoms with E-state index in [9.17, 15) is 9.59 Å². The number of benzene rings is 1. The van der Waals surface area contributed by atoms with Crippen LogP contribution in [-0.4, -0.2) is 25.0 Å². The molecule has 0 aromatic heterocycles. The molecule has 0 unspecified atom stereocenters. The lowest BCUT2D eigenvalue weighted by molar-refractivity contribution is -0.122. The Hall–Kier alpha value is -2.04. The van der Waals surface area contributed by atoms with Crippen molar-refractivity contribution in [1.82, 2.24) is 5.32 Å². The van der Waals surface area contributed by atoms with Crippen molar-refractivity contribution in [3.8, 4) is 0 Å². The summed E-state index contributed by atoms with van der Waals surface area (Å²) < 4.78 is 0. The van der Waals surface area contributed by atoms with Gasteiger partial charge in [0.2, 0.25) is 5.91 Å². The first-order chi connectivity index (χ1) is 10.7. The highest BCUT2D eigenvalue weighted by molar-refractivity contribution is 5.98. The first-order valence-corrected chi connectivity index (χ1v) is 8.18. The van der Waals surface area contributed by atoms with Crippen LogP contribution in [-0.2, 0) is 11.2 Å². The van der Waals surface area contributed by atoms with E-state index in [1.165, 1.54) is 5.56 Å². The average molecular weight is 301 g/mol.